The summed E-state index contributed by atoms with van der Waals surface area (Å²) in [4.78, 5) is 20.3. The summed E-state index contributed by atoms with van der Waals surface area (Å²) in [6.45, 7) is 9.60. The third-order valence-electron chi connectivity index (χ3n) is 9.34. The van der Waals surface area contributed by atoms with Crippen LogP contribution in [0.1, 0.15) is 91.4 Å². The first-order valence-electron chi connectivity index (χ1n) is 15.7. The number of rotatable bonds is 12. The summed E-state index contributed by atoms with van der Waals surface area (Å²) in [6.07, 6.45) is 7.24. The van der Waals surface area contributed by atoms with E-state index < -0.39 is 5.97 Å². The molecule has 2 fully saturated rings. The number of aliphatic carboxylic acids is 1. The number of hydrogen-bond acceptors (Lipinski definition) is 5. The van der Waals surface area contributed by atoms with E-state index >= 15 is 0 Å². The molecular formula is C35H49Cl3FN3O2S. The van der Waals surface area contributed by atoms with E-state index in [0.717, 1.165) is 70.1 Å². The minimum atomic E-state index is -0.829. The highest BCUT2D eigenvalue weighted by Gasteiger charge is 2.39. The monoisotopic (exact) mass is 699 g/mol. The van der Waals surface area contributed by atoms with Crippen LogP contribution in [-0.4, -0.2) is 52.7 Å². The molecule has 1 saturated carbocycles. The summed E-state index contributed by atoms with van der Waals surface area (Å²) in [5.41, 5.74) is 3.46. The van der Waals surface area contributed by atoms with Crippen molar-refractivity contribution < 1.29 is 14.3 Å². The van der Waals surface area contributed by atoms with Crippen molar-refractivity contribution in [3.8, 4) is 0 Å². The molecular weight excluding hydrogens is 652 g/mol. The highest BCUT2D eigenvalue weighted by Crippen LogP contribution is 2.47. The van der Waals surface area contributed by atoms with Crippen molar-refractivity contribution in [2.24, 2.45) is 11.8 Å². The average Bonchev–Trinajstić information content (AvgIpc) is 3.56. The molecule has 0 spiro atoms. The van der Waals surface area contributed by atoms with Gasteiger partial charge in [0, 0.05) is 23.4 Å². The molecule has 1 aromatic heterocycles. The predicted molar refractivity (Wildman–Crippen MR) is 191 cm³/mol. The summed E-state index contributed by atoms with van der Waals surface area (Å²) in [7, 11) is 0. The normalized spacial score (nSPS) is 20.6. The van der Waals surface area contributed by atoms with Gasteiger partial charge in [-0.2, -0.15) is 0 Å². The van der Waals surface area contributed by atoms with Gasteiger partial charge < -0.3 is 15.3 Å². The number of aryl methyl sites for hydroxylation is 1. The van der Waals surface area contributed by atoms with Crippen LogP contribution in [0.25, 0.3) is 0 Å². The van der Waals surface area contributed by atoms with E-state index in [0.29, 0.717) is 23.7 Å². The molecule has 5 nitrogen and oxygen atoms in total. The molecule has 3 aromatic rings. The number of nitrogens with one attached hydrogen (secondary N) is 1. The Bertz CT molecular complexity index is 1330. The molecule has 3 atom stereocenters. The standard InChI is InChI=1S/C35H46FN3O2S.3ClH/c1-4-31-34(42-32(38-31)19-24-9-6-5-7-10-24)26-13-15-39(16-14-26)23-28-17-25(21-35(2,3)37-22-33(40)41)18-30(28)27-11-8-12-29(36)20-27;;;/h5-12,20,25-26,28,30,37H,4,13-19,21-23H2,1-3H3,(H,40,41);3*1H. The van der Waals surface area contributed by atoms with Crippen LogP contribution in [-0.2, 0) is 17.6 Å². The molecule has 3 unspecified atom stereocenters. The van der Waals surface area contributed by atoms with Crippen LogP contribution < -0.4 is 5.32 Å². The number of thiazole rings is 1. The van der Waals surface area contributed by atoms with Crippen molar-refractivity contribution in [1.29, 1.82) is 0 Å². The van der Waals surface area contributed by atoms with Crippen LogP contribution in [0, 0.1) is 17.7 Å². The van der Waals surface area contributed by atoms with Gasteiger partial charge in [-0.25, -0.2) is 9.37 Å². The molecule has 1 aliphatic carbocycles. The lowest BCUT2D eigenvalue weighted by atomic mass is 9.87. The number of likely N-dealkylation sites (tertiary alicyclic amines) is 1. The Hall–Kier alpha value is -1.74. The number of piperidine rings is 1. The molecule has 2 aliphatic rings. The van der Waals surface area contributed by atoms with Gasteiger partial charge in [0.2, 0.25) is 0 Å². The predicted octanol–water partition coefficient (Wildman–Crippen LogP) is 8.53. The van der Waals surface area contributed by atoms with Crippen LogP contribution in [0.2, 0.25) is 0 Å². The highest BCUT2D eigenvalue weighted by molar-refractivity contribution is 7.11. The number of benzene rings is 2. The van der Waals surface area contributed by atoms with Crippen LogP contribution in [0.4, 0.5) is 4.39 Å². The van der Waals surface area contributed by atoms with E-state index in [1.165, 1.54) is 27.2 Å². The minimum Gasteiger partial charge on any atom is -0.480 e. The summed E-state index contributed by atoms with van der Waals surface area (Å²) < 4.78 is 14.3. The van der Waals surface area contributed by atoms with E-state index in [4.69, 9.17) is 10.1 Å². The Morgan fingerprint density at radius 2 is 1.78 bits per heavy atom. The SMILES string of the molecule is CCc1nc(Cc2ccccc2)sc1C1CCN(CC2CC(CC(C)(C)NCC(=O)O)CC2c2cccc(F)c2)CC1.Cl.Cl.Cl. The average molecular weight is 701 g/mol. The Labute approximate surface area is 291 Å². The maximum atomic E-state index is 14.3. The second-order valence-corrected chi connectivity index (χ2v) is 14.2. The lowest BCUT2D eigenvalue weighted by molar-refractivity contribution is -0.136. The van der Waals surface area contributed by atoms with Crippen molar-refractivity contribution in [2.45, 2.75) is 83.1 Å². The number of nitrogens with zero attached hydrogens (tertiary/aromatic N) is 2. The van der Waals surface area contributed by atoms with Crippen molar-refractivity contribution in [1.82, 2.24) is 15.2 Å². The van der Waals surface area contributed by atoms with Crippen molar-refractivity contribution >= 4 is 54.5 Å². The lowest BCUT2D eigenvalue weighted by Crippen LogP contribution is -2.43. The molecule has 10 heteroatoms. The van der Waals surface area contributed by atoms with Crippen LogP contribution in [0.15, 0.2) is 54.6 Å². The Balaban J connectivity index is 0.00000235. The highest BCUT2D eigenvalue weighted by atomic mass is 35.5. The maximum absolute atomic E-state index is 14.3. The number of carbonyl (C=O) groups is 1. The second kappa shape index (κ2) is 18.0. The van der Waals surface area contributed by atoms with E-state index in [9.17, 15) is 9.18 Å². The second-order valence-electron chi connectivity index (χ2n) is 13.1. The zero-order valence-electron chi connectivity index (χ0n) is 26.5. The zero-order chi connectivity index (χ0) is 29.7. The summed E-state index contributed by atoms with van der Waals surface area (Å²) in [5.74, 6) is 0.856. The third-order valence-corrected chi connectivity index (χ3v) is 10.6. The molecule has 2 aromatic carbocycles. The molecule has 45 heavy (non-hydrogen) atoms. The van der Waals surface area contributed by atoms with Gasteiger partial charge in [0.25, 0.3) is 0 Å². The number of aromatic nitrogens is 1. The van der Waals surface area contributed by atoms with Crippen LogP contribution >= 0.6 is 48.6 Å². The topological polar surface area (TPSA) is 65.5 Å². The van der Waals surface area contributed by atoms with Crippen molar-refractivity contribution in [3.63, 3.8) is 0 Å². The van der Waals surface area contributed by atoms with Gasteiger partial charge in [-0.05, 0) is 112 Å². The first kappa shape index (κ1) is 39.4. The quantitative estimate of drug-likeness (QED) is 0.198. The number of hydrogen-bond donors (Lipinski definition) is 2. The lowest BCUT2D eigenvalue weighted by Gasteiger charge is -2.35. The summed E-state index contributed by atoms with van der Waals surface area (Å²) in [6, 6.07) is 17.8. The minimum absolute atomic E-state index is 0. The molecule has 250 valence electrons. The molecule has 5 rings (SSSR count). The molecule has 2 N–H and O–H groups in total. The van der Waals surface area contributed by atoms with Crippen molar-refractivity contribution in [2.75, 3.05) is 26.2 Å². The van der Waals surface area contributed by atoms with Gasteiger partial charge in [0.15, 0.2) is 0 Å². The fraction of sp³-hybridized carbons (Fsp3) is 0.543. The first-order valence-corrected chi connectivity index (χ1v) is 16.5. The van der Waals surface area contributed by atoms with Crippen LogP contribution in [0.5, 0.6) is 0 Å². The molecule has 0 bridgehead atoms. The Kier molecular flexibility index (Phi) is 15.8. The molecule has 2 heterocycles. The van der Waals surface area contributed by atoms with Gasteiger partial charge in [-0.3, -0.25) is 4.79 Å². The zero-order valence-corrected chi connectivity index (χ0v) is 29.8. The third kappa shape index (κ3) is 10.9. The summed E-state index contributed by atoms with van der Waals surface area (Å²) in [5, 5.41) is 13.6. The van der Waals surface area contributed by atoms with Crippen molar-refractivity contribution in [3.05, 3.63) is 87.1 Å². The number of carboxylic acids is 1. The van der Waals surface area contributed by atoms with E-state index in [1.807, 2.05) is 17.4 Å². The molecule has 0 amide bonds. The van der Waals surface area contributed by atoms with Gasteiger partial charge in [0.1, 0.15) is 5.82 Å². The molecule has 0 radical (unpaired) electrons. The molecule has 1 aliphatic heterocycles. The van der Waals surface area contributed by atoms with E-state index in [1.54, 1.807) is 6.07 Å². The number of carboxylic acid groups (broad SMARTS) is 1. The molecule has 1 saturated heterocycles. The maximum Gasteiger partial charge on any atom is 0.317 e. The largest absolute Gasteiger partial charge is 0.480 e. The summed E-state index contributed by atoms with van der Waals surface area (Å²) >= 11 is 1.92. The first-order chi connectivity index (χ1) is 20.2. The van der Waals surface area contributed by atoms with Crippen LogP contribution in [0.3, 0.4) is 0 Å². The van der Waals surface area contributed by atoms with E-state index in [-0.39, 0.29) is 55.1 Å². The fourth-order valence-corrected chi connectivity index (χ4v) is 8.76. The van der Waals surface area contributed by atoms with Gasteiger partial charge in [-0.15, -0.1) is 48.6 Å². The Morgan fingerprint density at radius 3 is 2.42 bits per heavy atom. The van der Waals surface area contributed by atoms with E-state index in [2.05, 4.69) is 67.4 Å². The number of halogens is 4. The smallest absolute Gasteiger partial charge is 0.317 e. The fourth-order valence-electron chi connectivity index (χ4n) is 7.40. The van der Waals surface area contributed by atoms with Gasteiger partial charge in [0.05, 0.1) is 17.2 Å². The van der Waals surface area contributed by atoms with Gasteiger partial charge in [-0.1, -0.05) is 49.4 Å². The van der Waals surface area contributed by atoms with Gasteiger partial charge >= 0.3 is 5.97 Å². The Morgan fingerprint density at radius 1 is 1.07 bits per heavy atom.